The summed E-state index contributed by atoms with van der Waals surface area (Å²) in [6.45, 7) is 4.35. The van der Waals surface area contributed by atoms with Gasteiger partial charge in [-0.3, -0.25) is 14.3 Å². The van der Waals surface area contributed by atoms with E-state index in [2.05, 4.69) is 10.1 Å². The van der Waals surface area contributed by atoms with Gasteiger partial charge in [0.1, 0.15) is 0 Å². The highest BCUT2D eigenvalue weighted by Gasteiger charge is 2.26. The van der Waals surface area contributed by atoms with Crippen LogP contribution in [0.1, 0.15) is 39.8 Å². The van der Waals surface area contributed by atoms with Crippen molar-refractivity contribution in [2.75, 3.05) is 20.1 Å². The molecule has 3 rings (SSSR count). The number of carbonyl (C=O) groups excluding carboxylic acids is 2. The van der Waals surface area contributed by atoms with Crippen molar-refractivity contribution in [1.29, 1.82) is 0 Å². The van der Waals surface area contributed by atoms with E-state index in [1.807, 2.05) is 11.6 Å². The number of aromatic nitrogens is 3. The van der Waals surface area contributed by atoms with Gasteiger partial charge in [-0.2, -0.15) is 5.10 Å². The van der Waals surface area contributed by atoms with E-state index in [1.54, 1.807) is 41.5 Å². The summed E-state index contributed by atoms with van der Waals surface area (Å²) in [4.78, 5) is 31.4. The zero-order valence-corrected chi connectivity index (χ0v) is 13.5. The van der Waals surface area contributed by atoms with Crippen LogP contribution < -0.4 is 0 Å². The molecular weight excluding hydrogens is 294 g/mol. The van der Waals surface area contributed by atoms with Gasteiger partial charge in [0.05, 0.1) is 29.6 Å². The summed E-state index contributed by atoms with van der Waals surface area (Å²) in [6.07, 6.45) is 5.87. The molecule has 7 heteroatoms. The minimum absolute atomic E-state index is 0.0249. The van der Waals surface area contributed by atoms with Crippen LogP contribution in [0.5, 0.6) is 0 Å². The van der Waals surface area contributed by atoms with Gasteiger partial charge in [-0.15, -0.1) is 0 Å². The molecule has 0 spiro atoms. The molecule has 2 aromatic rings. The molecule has 0 saturated heterocycles. The molecule has 7 nitrogen and oxygen atoms in total. The van der Waals surface area contributed by atoms with Gasteiger partial charge in [0, 0.05) is 39.1 Å². The van der Waals surface area contributed by atoms with Gasteiger partial charge in [0.2, 0.25) is 0 Å². The van der Waals surface area contributed by atoms with Crippen LogP contribution in [0.3, 0.4) is 0 Å². The largest absolute Gasteiger partial charge is 0.367 e. The van der Waals surface area contributed by atoms with Crippen LogP contribution in [-0.4, -0.2) is 56.5 Å². The van der Waals surface area contributed by atoms with Crippen molar-refractivity contribution in [3.63, 3.8) is 0 Å². The molecule has 2 aromatic heterocycles. The SMILES string of the molecule is CCN(C)C(=O)c1cnn2c1CN(C(=O)c1cc[nH]c1)CCC2. The maximum atomic E-state index is 12.6. The lowest BCUT2D eigenvalue weighted by molar-refractivity contribution is 0.0736. The summed E-state index contributed by atoms with van der Waals surface area (Å²) in [6, 6.07) is 1.77. The highest BCUT2D eigenvalue weighted by molar-refractivity contribution is 5.96. The monoisotopic (exact) mass is 315 g/mol. The first-order chi connectivity index (χ1) is 11.1. The maximum Gasteiger partial charge on any atom is 0.257 e. The van der Waals surface area contributed by atoms with Gasteiger partial charge in [0.15, 0.2) is 0 Å². The normalized spacial score (nSPS) is 14.3. The Bertz CT molecular complexity index is 704. The summed E-state index contributed by atoms with van der Waals surface area (Å²) < 4.78 is 1.85. The minimum Gasteiger partial charge on any atom is -0.367 e. The zero-order chi connectivity index (χ0) is 16.4. The molecular formula is C16H21N5O2. The van der Waals surface area contributed by atoms with Gasteiger partial charge in [-0.1, -0.05) is 0 Å². The zero-order valence-electron chi connectivity index (χ0n) is 13.5. The van der Waals surface area contributed by atoms with E-state index in [4.69, 9.17) is 0 Å². The average molecular weight is 315 g/mol. The molecule has 1 aliphatic heterocycles. The lowest BCUT2D eigenvalue weighted by atomic mass is 10.2. The van der Waals surface area contributed by atoms with E-state index < -0.39 is 0 Å². The van der Waals surface area contributed by atoms with Crippen LogP contribution in [0.2, 0.25) is 0 Å². The molecule has 23 heavy (non-hydrogen) atoms. The number of hydrogen-bond acceptors (Lipinski definition) is 3. The first-order valence-corrected chi connectivity index (χ1v) is 7.84. The summed E-state index contributed by atoms with van der Waals surface area (Å²) in [7, 11) is 1.77. The lowest BCUT2D eigenvalue weighted by Gasteiger charge is -2.21. The van der Waals surface area contributed by atoms with Gasteiger partial charge in [-0.05, 0) is 19.4 Å². The topological polar surface area (TPSA) is 74.2 Å². The fraction of sp³-hybridized carbons (Fsp3) is 0.438. The number of aryl methyl sites for hydroxylation is 1. The first-order valence-electron chi connectivity index (χ1n) is 7.84. The van der Waals surface area contributed by atoms with Gasteiger partial charge >= 0.3 is 0 Å². The van der Waals surface area contributed by atoms with Crippen molar-refractivity contribution < 1.29 is 9.59 Å². The summed E-state index contributed by atoms with van der Waals surface area (Å²) in [5, 5.41) is 4.34. The third-order valence-electron chi connectivity index (χ3n) is 4.27. The van der Waals surface area contributed by atoms with Crippen molar-refractivity contribution in [2.45, 2.75) is 26.4 Å². The number of H-pyrrole nitrogens is 1. The standard InChI is InChI=1S/C16H21N5O2/c1-3-19(2)16(23)13-10-18-21-8-4-7-20(11-14(13)21)15(22)12-5-6-17-9-12/h5-6,9-10,17H,3-4,7-8,11H2,1-2H3. The molecule has 3 heterocycles. The number of aromatic amines is 1. The third kappa shape index (κ3) is 2.86. The fourth-order valence-corrected chi connectivity index (χ4v) is 2.78. The Hall–Kier alpha value is -2.57. The highest BCUT2D eigenvalue weighted by atomic mass is 16.2. The number of hydrogen-bond donors (Lipinski definition) is 1. The van der Waals surface area contributed by atoms with E-state index in [9.17, 15) is 9.59 Å². The van der Waals surface area contributed by atoms with Crippen LogP contribution in [0.15, 0.2) is 24.7 Å². The number of rotatable bonds is 3. The molecule has 0 unspecified atom stereocenters. The second-order valence-electron chi connectivity index (χ2n) is 5.73. The second-order valence-corrected chi connectivity index (χ2v) is 5.73. The Morgan fingerprint density at radius 1 is 1.39 bits per heavy atom. The van der Waals surface area contributed by atoms with Crippen molar-refractivity contribution in [1.82, 2.24) is 24.6 Å². The first kappa shape index (κ1) is 15.3. The Morgan fingerprint density at radius 2 is 2.22 bits per heavy atom. The molecule has 0 atom stereocenters. The Morgan fingerprint density at radius 3 is 2.91 bits per heavy atom. The Kier molecular flexibility index (Phi) is 4.18. The van der Waals surface area contributed by atoms with Crippen molar-refractivity contribution >= 4 is 11.8 Å². The predicted molar refractivity (Wildman–Crippen MR) is 85.0 cm³/mol. The van der Waals surface area contributed by atoms with Crippen LogP contribution in [0, 0.1) is 0 Å². The number of nitrogens with zero attached hydrogens (tertiary/aromatic N) is 4. The predicted octanol–water partition coefficient (Wildman–Crippen LogP) is 1.35. The second kappa shape index (κ2) is 6.28. The number of carbonyl (C=O) groups is 2. The van der Waals surface area contributed by atoms with Crippen LogP contribution in [0.25, 0.3) is 0 Å². The fourth-order valence-electron chi connectivity index (χ4n) is 2.78. The van der Waals surface area contributed by atoms with Crippen molar-refractivity contribution in [3.05, 3.63) is 41.5 Å². The van der Waals surface area contributed by atoms with Crippen LogP contribution in [0.4, 0.5) is 0 Å². The van der Waals surface area contributed by atoms with Gasteiger partial charge < -0.3 is 14.8 Å². The van der Waals surface area contributed by atoms with E-state index in [1.165, 1.54) is 0 Å². The number of nitrogens with one attached hydrogen (secondary N) is 1. The molecule has 0 aliphatic carbocycles. The van der Waals surface area contributed by atoms with E-state index in [0.29, 0.717) is 30.8 Å². The summed E-state index contributed by atoms with van der Waals surface area (Å²) in [5.41, 5.74) is 2.04. The van der Waals surface area contributed by atoms with Crippen LogP contribution >= 0.6 is 0 Å². The lowest BCUT2D eigenvalue weighted by Crippen LogP contribution is -2.32. The highest BCUT2D eigenvalue weighted by Crippen LogP contribution is 2.19. The Balaban J connectivity index is 1.88. The molecule has 0 bridgehead atoms. The average Bonchev–Trinajstić information content (AvgIpc) is 3.18. The molecule has 0 aromatic carbocycles. The maximum absolute atomic E-state index is 12.6. The molecule has 0 radical (unpaired) electrons. The molecule has 1 N–H and O–H groups in total. The van der Waals surface area contributed by atoms with E-state index >= 15 is 0 Å². The van der Waals surface area contributed by atoms with Gasteiger partial charge in [-0.25, -0.2) is 0 Å². The van der Waals surface area contributed by atoms with Crippen molar-refractivity contribution in [3.8, 4) is 0 Å². The van der Waals surface area contributed by atoms with E-state index in [0.717, 1.165) is 18.7 Å². The Labute approximate surface area is 134 Å². The molecule has 2 amide bonds. The minimum atomic E-state index is -0.0512. The van der Waals surface area contributed by atoms with Crippen molar-refractivity contribution in [2.24, 2.45) is 0 Å². The third-order valence-corrected chi connectivity index (χ3v) is 4.27. The number of fused-ring (bicyclic) bond motifs is 1. The molecule has 0 fully saturated rings. The summed E-state index contributed by atoms with van der Waals surface area (Å²) in [5.74, 6) is -0.0761. The quantitative estimate of drug-likeness (QED) is 0.929. The number of amides is 2. The smallest absolute Gasteiger partial charge is 0.257 e. The molecule has 122 valence electrons. The molecule has 0 saturated carbocycles. The van der Waals surface area contributed by atoms with Crippen LogP contribution in [-0.2, 0) is 13.1 Å². The molecule has 1 aliphatic rings. The summed E-state index contributed by atoms with van der Waals surface area (Å²) >= 11 is 0. The van der Waals surface area contributed by atoms with Gasteiger partial charge in [0.25, 0.3) is 11.8 Å². The van der Waals surface area contributed by atoms with E-state index in [-0.39, 0.29) is 11.8 Å².